The van der Waals surface area contributed by atoms with Crippen molar-refractivity contribution in [2.75, 3.05) is 6.54 Å². The Labute approximate surface area is 87.2 Å². The lowest BCUT2D eigenvalue weighted by molar-refractivity contribution is -0.124. The SMILES string of the molecule is CCC1CCCC(C(=O)CCCN)C1. The number of Topliss-reactive ketones (excluding diaryl/α,β-unsaturated/α-hetero) is 1. The van der Waals surface area contributed by atoms with E-state index in [9.17, 15) is 4.79 Å². The van der Waals surface area contributed by atoms with Gasteiger partial charge in [-0.3, -0.25) is 4.79 Å². The molecule has 14 heavy (non-hydrogen) atoms. The molecule has 0 aliphatic heterocycles. The van der Waals surface area contributed by atoms with Crippen molar-refractivity contribution >= 4 is 5.78 Å². The summed E-state index contributed by atoms with van der Waals surface area (Å²) in [4.78, 5) is 11.8. The van der Waals surface area contributed by atoms with Crippen LogP contribution >= 0.6 is 0 Å². The predicted octanol–water partition coefficient (Wildman–Crippen LogP) is 2.51. The number of hydrogen-bond donors (Lipinski definition) is 1. The lowest BCUT2D eigenvalue weighted by Gasteiger charge is -2.27. The van der Waals surface area contributed by atoms with Crippen LogP contribution in [0.1, 0.15) is 51.9 Å². The third kappa shape index (κ3) is 3.41. The second-order valence-corrected chi connectivity index (χ2v) is 4.50. The van der Waals surface area contributed by atoms with E-state index in [1.54, 1.807) is 0 Å². The van der Waals surface area contributed by atoms with E-state index in [0.717, 1.165) is 25.2 Å². The van der Waals surface area contributed by atoms with Crippen molar-refractivity contribution in [2.45, 2.75) is 51.9 Å². The van der Waals surface area contributed by atoms with Gasteiger partial charge in [-0.05, 0) is 31.7 Å². The Bertz CT molecular complexity index is 179. The van der Waals surface area contributed by atoms with Crippen LogP contribution in [0.4, 0.5) is 0 Å². The van der Waals surface area contributed by atoms with Gasteiger partial charge in [0.1, 0.15) is 5.78 Å². The average molecular weight is 197 g/mol. The van der Waals surface area contributed by atoms with Gasteiger partial charge in [-0.25, -0.2) is 0 Å². The molecule has 2 nitrogen and oxygen atoms in total. The van der Waals surface area contributed by atoms with Crippen molar-refractivity contribution in [3.05, 3.63) is 0 Å². The summed E-state index contributed by atoms with van der Waals surface area (Å²) in [5.74, 6) is 1.63. The minimum atomic E-state index is 0.361. The van der Waals surface area contributed by atoms with Crippen LogP contribution in [0.25, 0.3) is 0 Å². The zero-order chi connectivity index (χ0) is 10.4. The zero-order valence-corrected chi connectivity index (χ0v) is 9.30. The maximum atomic E-state index is 11.8. The summed E-state index contributed by atoms with van der Waals surface area (Å²) in [7, 11) is 0. The van der Waals surface area contributed by atoms with E-state index in [-0.39, 0.29) is 0 Å². The van der Waals surface area contributed by atoms with E-state index in [2.05, 4.69) is 6.92 Å². The van der Waals surface area contributed by atoms with Crippen LogP contribution in [0.5, 0.6) is 0 Å². The van der Waals surface area contributed by atoms with Crippen LogP contribution in [0.15, 0.2) is 0 Å². The van der Waals surface area contributed by atoms with E-state index in [0.29, 0.717) is 24.7 Å². The highest BCUT2D eigenvalue weighted by Crippen LogP contribution is 2.32. The highest BCUT2D eigenvalue weighted by Gasteiger charge is 2.25. The molecule has 2 atom stereocenters. The Kier molecular flexibility index (Phi) is 5.16. The zero-order valence-electron chi connectivity index (χ0n) is 9.30. The number of nitrogens with two attached hydrogens (primary N) is 1. The molecule has 2 heteroatoms. The normalized spacial score (nSPS) is 27.6. The number of carbonyl (C=O) groups excluding carboxylic acids is 1. The molecule has 0 aromatic heterocycles. The summed E-state index contributed by atoms with van der Waals surface area (Å²) >= 11 is 0. The molecule has 0 amide bonds. The lowest BCUT2D eigenvalue weighted by Crippen LogP contribution is -2.23. The fourth-order valence-electron chi connectivity index (χ4n) is 2.43. The number of rotatable bonds is 5. The van der Waals surface area contributed by atoms with Crippen LogP contribution in [-0.4, -0.2) is 12.3 Å². The van der Waals surface area contributed by atoms with E-state index >= 15 is 0 Å². The van der Waals surface area contributed by atoms with Gasteiger partial charge in [-0.15, -0.1) is 0 Å². The number of hydrogen-bond acceptors (Lipinski definition) is 2. The van der Waals surface area contributed by atoms with E-state index in [1.165, 1.54) is 19.3 Å². The van der Waals surface area contributed by atoms with Gasteiger partial charge in [0, 0.05) is 12.3 Å². The first-order chi connectivity index (χ1) is 6.77. The minimum Gasteiger partial charge on any atom is -0.330 e. The first-order valence-corrected chi connectivity index (χ1v) is 6.00. The Hall–Kier alpha value is -0.370. The molecule has 0 heterocycles. The highest BCUT2D eigenvalue weighted by molar-refractivity contribution is 5.81. The molecule has 0 spiro atoms. The van der Waals surface area contributed by atoms with Gasteiger partial charge < -0.3 is 5.73 Å². The summed E-state index contributed by atoms with van der Waals surface area (Å²) < 4.78 is 0. The predicted molar refractivity (Wildman–Crippen MR) is 59.0 cm³/mol. The average Bonchev–Trinajstić information content (AvgIpc) is 2.26. The van der Waals surface area contributed by atoms with Crippen molar-refractivity contribution in [1.82, 2.24) is 0 Å². The molecule has 2 N–H and O–H groups in total. The topological polar surface area (TPSA) is 43.1 Å². The van der Waals surface area contributed by atoms with Gasteiger partial charge in [0.25, 0.3) is 0 Å². The maximum absolute atomic E-state index is 11.8. The van der Waals surface area contributed by atoms with Crippen LogP contribution < -0.4 is 5.73 Å². The molecular formula is C12H23NO. The lowest BCUT2D eigenvalue weighted by atomic mass is 9.77. The molecule has 2 unspecified atom stereocenters. The molecule has 0 aromatic carbocycles. The molecule has 1 aliphatic rings. The fraction of sp³-hybridized carbons (Fsp3) is 0.917. The molecule has 1 aliphatic carbocycles. The van der Waals surface area contributed by atoms with E-state index in [1.807, 2.05) is 0 Å². The standard InChI is InChI=1S/C12H23NO/c1-2-10-5-3-6-11(9-10)12(14)7-4-8-13/h10-11H,2-9,13H2,1H3. The van der Waals surface area contributed by atoms with Gasteiger partial charge in [-0.1, -0.05) is 26.2 Å². The van der Waals surface area contributed by atoms with Gasteiger partial charge in [-0.2, -0.15) is 0 Å². The highest BCUT2D eigenvalue weighted by atomic mass is 16.1. The summed E-state index contributed by atoms with van der Waals surface area (Å²) in [5, 5.41) is 0. The Balaban J connectivity index is 2.31. The van der Waals surface area contributed by atoms with Gasteiger partial charge in [0.05, 0.1) is 0 Å². The second-order valence-electron chi connectivity index (χ2n) is 4.50. The van der Waals surface area contributed by atoms with Crippen molar-refractivity contribution in [1.29, 1.82) is 0 Å². The van der Waals surface area contributed by atoms with Crippen molar-refractivity contribution < 1.29 is 4.79 Å². The van der Waals surface area contributed by atoms with Gasteiger partial charge in [0.15, 0.2) is 0 Å². The smallest absolute Gasteiger partial charge is 0.136 e. The molecule has 82 valence electrons. The molecule has 0 saturated heterocycles. The largest absolute Gasteiger partial charge is 0.330 e. The van der Waals surface area contributed by atoms with E-state index in [4.69, 9.17) is 5.73 Å². The number of ketones is 1. The Morgan fingerprint density at radius 1 is 1.43 bits per heavy atom. The minimum absolute atomic E-state index is 0.361. The summed E-state index contributed by atoms with van der Waals surface area (Å²) in [6, 6.07) is 0. The van der Waals surface area contributed by atoms with Crippen molar-refractivity contribution in [2.24, 2.45) is 17.6 Å². The molecule has 0 radical (unpaired) electrons. The maximum Gasteiger partial charge on any atom is 0.136 e. The second kappa shape index (κ2) is 6.18. The van der Waals surface area contributed by atoms with Crippen LogP contribution in [0.2, 0.25) is 0 Å². The Morgan fingerprint density at radius 3 is 2.86 bits per heavy atom. The monoisotopic (exact) mass is 197 g/mol. The van der Waals surface area contributed by atoms with Gasteiger partial charge in [0.2, 0.25) is 0 Å². The summed E-state index contributed by atoms with van der Waals surface area (Å²) in [6.07, 6.45) is 7.65. The van der Waals surface area contributed by atoms with E-state index < -0.39 is 0 Å². The van der Waals surface area contributed by atoms with Crippen molar-refractivity contribution in [3.8, 4) is 0 Å². The first-order valence-electron chi connectivity index (χ1n) is 6.00. The third-order valence-corrected chi connectivity index (χ3v) is 3.44. The van der Waals surface area contributed by atoms with Crippen LogP contribution in [0, 0.1) is 11.8 Å². The molecule has 0 bridgehead atoms. The number of carbonyl (C=O) groups is 1. The fourth-order valence-corrected chi connectivity index (χ4v) is 2.43. The van der Waals surface area contributed by atoms with Crippen LogP contribution in [-0.2, 0) is 4.79 Å². The summed E-state index contributed by atoms with van der Waals surface area (Å²) in [6.45, 7) is 2.88. The Morgan fingerprint density at radius 2 is 2.21 bits per heavy atom. The van der Waals surface area contributed by atoms with Crippen molar-refractivity contribution in [3.63, 3.8) is 0 Å². The van der Waals surface area contributed by atoms with Gasteiger partial charge >= 0.3 is 0 Å². The first kappa shape index (κ1) is 11.7. The molecule has 1 fully saturated rings. The van der Waals surface area contributed by atoms with Crippen LogP contribution in [0.3, 0.4) is 0 Å². The third-order valence-electron chi connectivity index (χ3n) is 3.44. The molecule has 1 saturated carbocycles. The molecule has 0 aromatic rings. The quantitative estimate of drug-likeness (QED) is 0.736. The summed E-state index contributed by atoms with van der Waals surface area (Å²) in [5.41, 5.74) is 5.41. The molecular weight excluding hydrogens is 174 g/mol. The molecule has 1 rings (SSSR count).